The molecule has 0 aromatic carbocycles. The summed E-state index contributed by atoms with van der Waals surface area (Å²) in [6.07, 6.45) is 7.21. The molecular formula is C17H29N3. The Balaban J connectivity index is 1.91. The molecule has 0 saturated carbocycles. The number of hydrogen-bond acceptors (Lipinski definition) is 3. The van der Waals surface area contributed by atoms with E-state index in [0.29, 0.717) is 6.04 Å². The third-order valence-corrected chi connectivity index (χ3v) is 4.26. The molecule has 3 nitrogen and oxygen atoms in total. The van der Waals surface area contributed by atoms with Crippen LogP contribution in [0.25, 0.3) is 0 Å². The van der Waals surface area contributed by atoms with Gasteiger partial charge in [0.15, 0.2) is 0 Å². The maximum absolute atomic E-state index is 4.64. The highest BCUT2D eigenvalue weighted by atomic mass is 15.2. The highest BCUT2D eigenvalue weighted by Gasteiger charge is 2.22. The monoisotopic (exact) mass is 275 g/mol. The number of hydrogen-bond donors (Lipinski definition) is 1. The fraction of sp³-hybridized carbons (Fsp3) is 0.706. The lowest BCUT2D eigenvalue weighted by molar-refractivity contribution is 0.529. The van der Waals surface area contributed by atoms with Crippen molar-refractivity contribution < 1.29 is 0 Å². The van der Waals surface area contributed by atoms with Crippen LogP contribution in [0.1, 0.15) is 58.2 Å². The molecule has 1 aromatic heterocycles. The Bertz CT molecular complexity index is 388. The first-order chi connectivity index (χ1) is 9.74. The van der Waals surface area contributed by atoms with Crippen LogP contribution >= 0.6 is 0 Å². The van der Waals surface area contributed by atoms with E-state index in [2.05, 4.69) is 48.1 Å². The SMILES string of the molecule is CCCNC(C)c1ccc(N2CCC(CCC)C2)cn1. The molecule has 20 heavy (non-hydrogen) atoms. The molecule has 1 N–H and O–H groups in total. The summed E-state index contributed by atoms with van der Waals surface area (Å²) in [6, 6.07) is 4.76. The molecular weight excluding hydrogens is 246 g/mol. The Labute approximate surface area is 123 Å². The maximum atomic E-state index is 4.64. The number of aromatic nitrogens is 1. The quantitative estimate of drug-likeness (QED) is 0.821. The molecule has 0 aliphatic carbocycles. The van der Waals surface area contributed by atoms with Crippen molar-refractivity contribution in [2.45, 2.75) is 52.5 Å². The zero-order valence-electron chi connectivity index (χ0n) is 13.2. The molecule has 1 fully saturated rings. The molecule has 2 rings (SSSR count). The van der Waals surface area contributed by atoms with Crippen LogP contribution in [0, 0.1) is 5.92 Å². The van der Waals surface area contributed by atoms with Crippen LogP contribution in [0.15, 0.2) is 18.3 Å². The topological polar surface area (TPSA) is 28.2 Å². The summed E-state index contributed by atoms with van der Waals surface area (Å²) in [4.78, 5) is 7.13. The first kappa shape index (κ1) is 15.3. The predicted octanol–water partition coefficient (Wildman–Crippen LogP) is 3.77. The van der Waals surface area contributed by atoms with Gasteiger partial charge in [-0.05, 0) is 50.8 Å². The summed E-state index contributed by atoms with van der Waals surface area (Å²) >= 11 is 0. The van der Waals surface area contributed by atoms with E-state index in [0.717, 1.165) is 24.6 Å². The molecule has 0 bridgehead atoms. The second kappa shape index (κ2) is 7.63. The second-order valence-corrected chi connectivity index (χ2v) is 6.01. The van der Waals surface area contributed by atoms with Crippen molar-refractivity contribution in [1.82, 2.24) is 10.3 Å². The minimum absolute atomic E-state index is 0.343. The fourth-order valence-electron chi connectivity index (χ4n) is 3.02. The molecule has 0 spiro atoms. The minimum Gasteiger partial charge on any atom is -0.370 e. The van der Waals surface area contributed by atoms with Crippen molar-refractivity contribution in [2.75, 3.05) is 24.5 Å². The van der Waals surface area contributed by atoms with Crippen LogP contribution in [0.2, 0.25) is 0 Å². The molecule has 1 aliphatic rings. The smallest absolute Gasteiger partial charge is 0.0572 e. The van der Waals surface area contributed by atoms with Gasteiger partial charge in [-0.1, -0.05) is 20.3 Å². The van der Waals surface area contributed by atoms with Gasteiger partial charge in [0.25, 0.3) is 0 Å². The largest absolute Gasteiger partial charge is 0.370 e. The van der Waals surface area contributed by atoms with E-state index in [4.69, 9.17) is 0 Å². The Morgan fingerprint density at radius 3 is 2.85 bits per heavy atom. The molecule has 1 aromatic rings. The molecule has 2 unspecified atom stereocenters. The van der Waals surface area contributed by atoms with E-state index < -0.39 is 0 Å². The van der Waals surface area contributed by atoms with E-state index in [-0.39, 0.29) is 0 Å². The van der Waals surface area contributed by atoms with E-state index in [1.165, 1.54) is 38.0 Å². The Kier molecular flexibility index (Phi) is 5.84. The summed E-state index contributed by atoms with van der Waals surface area (Å²) < 4.78 is 0. The Morgan fingerprint density at radius 1 is 1.35 bits per heavy atom. The average molecular weight is 275 g/mol. The van der Waals surface area contributed by atoms with Gasteiger partial charge >= 0.3 is 0 Å². The van der Waals surface area contributed by atoms with Crippen LogP contribution < -0.4 is 10.2 Å². The van der Waals surface area contributed by atoms with Crippen molar-refractivity contribution in [3.63, 3.8) is 0 Å². The summed E-state index contributed by atoms with van der Waals surface area (Å²) in [5.41, 5.74) is 2.43. The first-order valence-electron chi connectivity index (χ1n) is 8.18. The molecule has 1 aliphatic heterocycles. The molecule has 0 amide bonds. The zero-order chi connectivity index (χ0) is 14.4. The third-order valence-electron chi connectivity index (χ3n) is 4.26. The van der Waals surface area contributed by atoms with Gasteiger partial charge in [-0.2, -0.15) is 0 Å². The first-order valence-corrected chi connectivity index (χ1v) is 8.18. The predicted molar refractivity (Wildman–Crippen MR) is 86.2 cm³/mol. The lowest BCUT2D eigenvalue weighted by atomic mass is 10.0. The summed E-state index contributed by atoms with van der Waals surface area (Å²) in [5, 5.41) is 3.49. The van der Waals surface area contributed by atoms with Crippen LogP contribution in [0.4, 0.5) is 5.69 Å². The van der Waals surface area contributed by atoms with Crippen LogP contribution in [-0.4, -0.2) is 24.6 Å². The zero-order valence-corrected chi connectivity index (χ0v) is 13.2. The van der Waals surface area contributed by atoms with Gasteiger partial charge in [0.05, 0.1) is 17.6 Å². The number of nitrogens with zero attached hydrogens (tertiary/aromatic N) is 2. The second-order valence-electron chi connectivity index (χ2n) is 6.01. The van der Waals surface area contributed by atoms with Gasteiger partial charge in [0.2, 0.25) is 0 Å². The average Bonchev–Trinajstić information content (AvgIpc) is 2.94. The van der Waals surface area contributed by atoms with Crippen LogP contribution in [0.3, 0.4) is 0 Å². The third kappa shape index (κ3) is 3.95. The number of pyridine rings is 1. The molecule has 2 heterocycles. The van der Waals surface area contributed by atoms with E-state index in [1.54, 1.807) is 0 Å². The molecule has 2 atom stereocenters. The molecule has 3 heteroatoms. The van der Waals surface area contributed by atoms with Gasteiger partial charge < -0.3 is 10.2 Å². The van der Waals surface area contributed by atoms with E-state index >= 15 is 0 Å². The van der Waals surface area contributed by atoms with Crippen molar-refractivity contribution in [1.29, 1.82) is 0 Å². The molecule has 1 saturated heterocycles. The molecule has 0 radical (unpaired) electrons. The highest BCUT2D eigenvalue weighted by Crippen LogP contribution is 2.26. The van der Waals surface area contributed by atoms with Crippen molar-refractivity contribution in [2.24, 2.45) is 5.92 Å². The Morgan fingerprint density at radius 2 is 2.20 bits per heavy atom. The maximum Gasteiger partial charge on any atom is 0.0572 e. The van der Waals surface area contributed by atoms with E-state index in [1.807, 2.05) is 6.20 Å². The van der Waals surface area contributed by atoms with Crippen LogP contribution in [-0.2, 0) is 0 Å². The summed E-state index contributed by atoms with van der Waals surface area (Å²) in [5.74, 6) is 0.879. The number of nitrogens with one attached hydrogen (secondary N) is 1. The lowest BCUT2D eigenvalue weighted by Gasteiger charge is -2.19. The van der Waals surface area contributed by atoms with Crippen molar-refractivity contribution in [3.8, 4) is 0 Å². The number of anilines is 1. The Hall–Kier alpha value is -1.09. The van der Waals surface area contributed by atoms with Gasteiger partial charge in [0.1, 0.15) is 0 Å². The van der Waals surface area contributed by atoms with Crippen molar-refractivity contribution in [3.05, 3.63) is 24.0 Å². The number of rotatable bonds is 7. The van der Waals surface area contributed by atoms with Gasteiger partial charge in [-0.3, -0.25) is 4.98 Å². The minimum atomic E-state index is 0.343. The van der Waals surface area contributed by atoms with E-state index in [9.17, 15) is 0 Å². The van der Waals surface area contributed by atoms with Crippen LogP contribution in [0.5, 0.6) is 0 Å². The summed E-state index contributed by atoms with van der Waals surface area (Å²) in [6.45, 7) is 10.1. The van der Waals surface area contributed by atoms with Crippen molar-refractivity contribution >= 4 is 5.69 Å². The van der Waals surface area contributed by atoms with Gasteiger partial charge in [-0.15, -0.1) is 0 Å². The van der Waals surface area contributed by atoms with Gasteiger partial charge in [0, 0.05) is 19.1 Å². The standard InChI is InChI=1S/C17H29N3/c1-4-6-15-9-11-20(13-15)16-7-8-17(19-12-16)14(3)18-10-5-2/h7-8,12,14-15,18H,4-6,9-11,13H2,1-3H3. The van der Waals surface area contributed by atoms with Gasteiger partial charge in [-0.25, -0.2) is 0 Å². The summed E-state index contributed by atoms with van der Waals surface area (Å²) in [7, 11) is 0. The molecule has 112 valence electrons. The lowest BCUT2D eigenvalue weighted by Crippen LogP contribution is -2.22. The fourth-order valence-corrected chi connectivity index (χ4v) is 3.02. The highest BCUT2D eigenvalue weighted by molar-refractivity contribution is 5.45. The normalized spacial score (nSPS) is 20.4.